The fraction of sp³-hybridized carbons (Fsp3) is 0.452. The molecular formula is C31H36FN7O3. The summed E-state index contributed by atoms with van der Waals surface area (Å²) in [5.41, 5.74) is 1.55. The van der Waals surface area contributed by atoms with Crippen molar-refractivity contribution in [3.8, 4) is 11.1 Å². The Morgan fingerprint density at radius 1 is 1.00 bits per heavy atom. The molecule has 1 atom stereocenters. The normalized spacial score (nSPS) is 21.5. The van der Waals surface area contributed by atoms with Crippen molar-refractivity contribution in [3.63, 3.8) is 0 Å². The van der Waals surface area contributed by atoms with E-state index >= 15 is 0 Å². The molecule has 2 aromatic heterocycles. The number of rotatable bonds is 5. The minimum atomic E-state index is -0.579. The number of amides is 2. The lowest BCUT2D eigenvalue weighted by Gasteiger charge is -2.37. The number of carbonyl (C=O) groups is 2. The Kier molecular flexibility index (Phi) is 7.42. The van der Waals surface area contributed by atoms with Crippen molar-refractivity contribution in [1.82, 2.24) is 25.1 Å². The van der Waals surface area contributed by atoms with Crippen LogP contribution in [0.1, 0.15) is 45.8 Å². The maximum Gasteiger partial charge on any atom is 0.232 e. The standard InChI is InChI=1S/C31H36FN7O3/c1-20(40)36-24-9-12-39(13-10-24)29-27-26(22-4-6-23(32)7-5-22)28(42-30(27)35-19-34-29)31(3)11-8-25(33-18-31)38-16-14-37(15-17-38)21(2)41/h4-8,18-19,24H,9-17H2,1-3H3,(H,36,40). The molecule has 2 saturated heterocycles. The minimum Gasteiger partial charge on any atom is -0.441 e. The quantitative estimate of drug-likeness (QED) is 0.494. The maximum absolute atomic E-state index is 14.0. The molecule has 3 aliphatic rings. The molecule has 5 heterocycles. The first kappa shape index (κ1) is 27.9. The number of hydrogen-bond donors (Lipinski definition) is 1. The lowest BCUT2D eigenvalue weighted by atomic mass is 9.80. The number of anilines is 1. The Balaban J connectivity index is 1.35. The van der Waals surface area contributed by atoms with Crippen molar-refractivity contribution in [3.05, 3.63) is 54.1 Å². The van der Waals surface area contributed by atoms with Crippen LogP contribution in [0.2, 0.25) is 0 Å². The number of hydrogen-bond acceptors (Lipinski definition) is 8. The summed E-state index contributed by atoms with van der Waals surface area (Å²) < 4.78 is 20.6. The summed E-state index contributed by atoms with van der Waals surface area (Å²) in [7, 11) is 0. The van der Waals surface area contributed by atoms with Crippen molar-refractivity contribution in [2.24, 2.45) is 4.99 Å². The van der Waals surface area contributed by atoms with Crippen LogP contribution in [-0.2, 0) is 15.0 Å². The predicted molar refractivity (Wildman–Crippen MR) is 159 cm³/mol. The zero-order valence-electron chi connectivity index (χ0n) is 24.3. The summed E-state index contributed by atoms with van der Waals surface area (Å²) in [6.45, 7) is 9.53. The van der Waals surface area contributed by atoms with E-state index in [1.807, 2.05) is 11.1 Å². The van der Waals surface area contributed by atoms with Crippen molar-refractivity contribution >= 4 is 34.9 Å². The van der Waals surface area contributed by atoms with Gasteiger partial charge in [0, 0.05) is 70.9 Å². The first-order chi connectivity index (χ1) is 20.2. The molecule has 10 nitrogen and oxygen atoms in total. The number of halogens is 1. The number of aliphatic imine (C=N–C) groups is 1. The summed E-state index contributed by atoms with van der Waals surface area (Å²) in [5.74, 6) is 2.14. The average Bonchev–Trinajstić information content (AvgIpc) is 3.39. The van der Waals surface area contributed by atoms with Crippen LogP contribution in [0.15, 0.2) is 51.9 Å². The first-order valence-corrected chi connectivity index (χ1v) is 14.5. The van der Waals surface area contributed by atoms with Crippen molar-refractivity contribution < 1.29 is 18.4 Å². The third-order valence-corrected chi connectivity index (χ3v) is 8.56. The summed E-state index contributed by atoms with van der Waals surface area (Å²) >= 11 is 0. The highest BCUT2D eigenvalue weighted by molar-refractivity contribution is 6.03. The molecule has 3 aliphatic heterocycles. The Hall–Kier alpha value is -4.28. The molecule has 220 valence electrons. The van der Waals surface area contributed by atoms with Gasteiger partial charge in [0.25, 0.3) is 0 Å². The lowest BCUT2D eigenvalue weighted by Crippen LogP contribution is -2.47. The minimum absolute atomic E-state index is 0.0196. The number of nitrogens with one attached hydrogen (secondary N) is 1. The highest BCUT2D eigenvalue weighted by Gasteiger charge is 2.37. The lowest BCUT2D eigenvalue weighted by molar-refractivity contribution is -0.130. The Morgan fingerprint density at radius 3 is 2.33 bits per heavy atom. The zero-order chi connectivity index (χ0) is 29.4. The van der Waals surface area contributed by atoms with Gasteiger partial charge in [-0.2, -0.15) is 0 Å². The van der Waals surface area contributed by atoms with Crippen LogP contribution in [0.5, 0.6) is 0 Å². The topological polar surface area (TPSA) is 107 Å². The van der Waals surface area contributed by atoms with E-state index in [1.165, 1.54) is 18.5 Å². The number of aromatic nitrogens is 2. The highest BCUT2D eigenvalue weighted by Crippen LogP contribution is 2.45. The third kappa shape index (κ3) is 5.35. The Bertz CT molecular complexity index is 1550. The van der Waals surface area contributed by atoms with Gasteiger partial charge in [0.15, 0.2) is 0 Å². The van der Waals surface area contributed by atoms with Gasteiger partial charge in [0.1, 0.15) is 29.5 Å². The molecule has 1 N–H and O–H groups in total. The molecule has 42 heavy (non-hydrogen) atoms. The van der Waals surface area contributed by atoms with E-state index in [0.717, 1.165) is 67.2 Å². The molecule has 11 heteroatoms. The molecule has 0 bridgehead atoms. The monoisotopic (exact) mass is 573 g/mol. The van der Waals surface area contributed by atoms with E-state index in [-0.39, 0.29) is 23.7 Å². The highest BCUT2D eigenvalue weighted by atomic mass is 19.1. The van der Waals surface area contributed by atoms with E-state index in [0.29, 0.717) is 31.0 Å². The fourth-order valence-electron chi connectivity index (χ4n) is 6.20. The molecule has 1 unspecified atom stereocenters. The number of benzene rings is 1. The smallest absolute Gasteiger partial charge is 0.232 e. The molecule has 2 fully saturated rings. The fourth-order valence-corrected chi connectivity index (χ4v) is 6.20. The van der Waals surface area contributed by atoms with Crippen LogP contribution in [0.25, 0.3) is 22.2 Å². The van der Waals surface area contributed by atoms with Crippen LogP contribution < -0.4 is 10.2 Å². The van der Waals surface area contributed by atoms with Gasteiger partial charge in [-0.05, 0) is 50.0 Å². The van der Waals surface area contributed by atoms with E-state index in [2.05, 4.69) is 33.1 Å². The molecule has 3 aromatic rings. The predicted octanol–water partition coefficient (Wildman–Crippen LogP) is 3.87. The van der Waals surface area contributed by atoms with Crippen LogP contribution in [0.3, 0.4) is 0 Å². The second-order valence-electron chi connectivity index (χ2n) is 11.6. The van der Waals surface area contributed by atoms with Crippen LogP contribution in [0, 0.1) is 5.82 Å². The van der Waals surface area contributed by atoms with Crippen molar-refractivity contribution in [2.75, 3.05) is 44.2 Å². The van der Waals surface area contributed by atoms with E-state index < -0.39 is 5.41 Å². The second-order valence-corrected chi connectivity index (χ2v) is 11.6. The average molecular weight is 574 g/mol. The molecule has 6 rings (SSSR count). The number of furan rings is 1. The van der Waals surface area contributed by atoms with Gasteiger partial charge in [0.2, 0.25) is 17.5 Å². The van der Waals surface area contributed by atoms with Gasteiger partial charge in [0.05, 0.1) is 10.8 Å². The second kappa shape index (κ2) is 11.2. The van der Waals surface area contributed by atoms with E-state index in [9.17, 15) is 14.0 Å². The summed E-state index contributed by atoms with van der Waals surface area (Å²) in [5, 5.41) is 3.82. The van der Waals surface area contributed by atoms with Gasteiger partial charge in [-0.15, -0.1) is 0 Å². The number of carbonyl (C=O) groups excluding carboxylic acids is 2. The molecule has 2 amide bonds. The molecule has 0 aliphatic carbocycles. The summed E-state index contributed by atoms with van der Waals surface area (Å²) in [4.78, 5) is 43.7. The molecule has 0 saturated carbocycles. The maximum atomic E-state index is 14.0. The SMILES string of the molecule is CC(=O)NC1CCN(c2ncnc3oc(C4(C)C=NC(N5CCN(C(C)=O)CC5)=CC4)c(-c4ccc(F)cc4)c23)CC1. The zero-order valence-corrected chi connectivity index (χ0v) is 24.3. The van der Waals surface area contributed by atoms with Crippen LogP contribution in [-0.4, -0.2) is 83.1 Å². The largest absolute Gasteiger partial charge is 0.441 e. The number of piperazine rings is 1. The van der Waals surface area contributed by atoms with Gasteiger partial charge in [-0.25, -0.2) is 19.4 Å². The van der Waals surface area contributed by atoms with Crippen molar-refractivity contribution in [1.29, 1.82) is 0 Å². The molecule has 0 radical (unpaired) electrons. The van der Waals surface area contributed by atoms with E-state index in [1.54, 1.807) is 26.0 Å². The van der Waals surface area contributed by atoms with E-state index in [4.69, 9.17) is 14.4 Å². The third-order valence-electron chi connectivity index (χ3n) is 8.56. The first-order valence-electron chi connectivity index (χ1n) is 14.5. The van der Waals surface area contributed by atoms with Gasteiger partial charge in [-0.1, -0.05) is 12.1 Å². The molecule has 0 spiro atoms. The molecular weight excluding hydrogens is 537 g/mol. The number of nitrogens with zero attached hydrogens (tertiary/aromatic N) is 6. The Morgan fingerprint density at radius 2 is 1.71 bits per heavy atom. The van der Waals surface area contributed by atoms with Crippen LogP contribution in [0.4, 0.5) is 10.2 Å². The van der Waals surface area contributed by atoms with Gasteiger partial charge in [-0.3, -0.25) is 9.59 Å². The number of fused-ring (bicyclic) bond motifs is 1. The van der Waals surface area contributed by atoms with Crippen LogP contribution >= 0.6 is 0 Å². The van der Waals surface area contributed by atoms with Gasteiger partial charge < -0.3 is 24.4 Å². The number of allylic oxidation sites excluding steroid dienone is 1. The summed E-state index contributed by atoms with van der Waals surface area (Å²) in [6.07, 6.45) is 7.86. The number of piperidine rings is 1. The summed E-state index contributed by atoms with van der Waals surface area (Å²) in [6, 6.07) is 6.58. The molecule has 1 aromatic carbocycles. The Labute approximate surface area is 244 Å². The van der Waals surface area contributed by atoms with Crippen molar-refractivity contribution in [2.45, 2.75) is 51.5 Å². The van der Waals surface area contributed by atoms with Gasteiger partial charge >= 0.3 is 0 Å².